The number of furan rings is 1. The molecule has 0 atom stereocenters. The van der Waals surface area contributed by atoms with Gasteiger partial charge in [0.2, 0.25) is 12.6 Å². The molecule has 196 valence electrons. The summed E-state index contributed by atoms with van der Waals surface area (Å²) in [6, 6.07) is 27.9. The lowest BCUT2D eigenvalue weighted by atomic mass is 10.2. The van der Waals surface area contributed by atoms with E-state index in [0.29, 0.717) is 51.7 Å². The number of aromatic nitrogens is 2. The molecule has 4 aromatic carbocycles. The molecule has 7 rings (SSSR count). The van der Waals surface area contributed by atoms with Crippen molar-refractivity contribution in [2.45, 2.75) is 6.61 Å². The van der Waals surface area contributed by atoms with Crippen molar-refractivity contribution in [2.75, 3.05) is 6.79 Å². The number of fused-ring (bicyclic) bond motifs is 3. The zero-order valence-electron chi connectivity index (χ0n) is 20.9. The largest absolute Gasteiger partial charge is 0.488 e. The Balaban J connectivity index is 1.26. The molecule has 0 fully saturated rings. The van der Waals surface area contributed by atoms with E-state index in [1.54, 1.807) is 24.4 Å². The van der Waals surface area contributed by atoms with E-state index in [4.69, 9.17) is 23.6 Å². The molecule has 0 saturated carbocycles. The normalized spacial score (nSPS) is 12.5. The quantitative estimate of drug-likeness (QED) is 0.198. The molecule has 1 aliphatic heterocycles. The summed E-state index contributed by atoms with van der Waals surface area (Å²) in [6.45, 7) is 0.536. The summed E-state index contributed by atoms with van der Waals surface area (Å²) >= 11 is 3.49. The van der Waals surface area contributed by atoms with E-state index in [9.17, 15) is 4.79 Å². The highest BCUT2D eigenvalue weighted by molar-refractivity contribution is 9.10. The molecule has 0 radical (unpaired) electrons. The summed E-state index contributed by atoms with van der Waals surface area (Å²) in [5.41, 5.74) is 2.56. The first-order chi connectivity index (χ1) is 19.6. The fourth-order valence-electron chi connectivity index (χ4n) is 4.55. The van der Waals surface area contributed by atoms with Crippen molar-refractivity contribution in [1.82, 2.24) is 9.66 Å². The van der Waals surface area contributed by atoms with Crippen LogP contribution >= 0.6 is 15.9 Å². The minimum Gasteiger partial charge on any atom is -0.488 e. The monoisotopic (exact) mass is 593 g/mol. The van der Waals surface area contributed by atoms with Gasteiger partial charge in [-0.15, -0.1) is 0 Å². The first kappa shape index (κ1) is 24.2. The number of hydrogen-bond donors (Lipinski definition) is 0. The van der Waals surface area contributed by atoms with Crippen LogP contribution < -0.4 is 19.8 Å². The highest BCUT2D eigenvalue weighted by Crippen LogP contribution is 2.33. The van der Waals surface area contributed by atoms with E-state index in [2.05, 4.69) is 21.0 Å². The molecule has 0 amide bonds. The van der Waals surface area contributed by atoms with Gasteiger partial charge in [-0.05, 0) is 66.2 Å². The Kier molecular flexibility index (Phi) is 6.05. The van der Waals surface area contributed by atoms with Crippen LogP contribution in [0.4, 0.5) is 0 Å². The van der Waals surface area contributed by atoms with Crippen LogP contribution in [0.2, 0.25) is 0 Å². The fraction of sp³-hybridized carbons (Fsp3) is 0.0645. The summed E-state index contributed by atoms with van der Waals surface area (Å²) in [6.07, 6.45) is 1.59. The van der Waals surface area contributed by atoms with Crippen LogP contribution in [0.15, 0.2) is 110 Å². The SMILES string of the molecule is O=c1c2ccccc2nc(-c2cc3cc(Br)ccc3o2)n1N=Cc1ccccc1OCc1ccc2c(c1)OCO2. The molecule has 3 heterocycles. The Bertz CT molecular complexity index is 2000. The highest BCUT2D eigenvalue weighted by Gasteiger charge is 2.17. The number of halogens is 1. The molecule has 0 saturated heterocycles. The number of hydrogen-bond acceptors (Lipinski definition) is 7. The Morgan fingerprint density at radius 1 is 0.950 bits per heavy atom. The highest BCUT2D eigenvalue weighted by atomic mass is 79.9. The number of para-hydroxylation sites is 2. The van der Waals surface area contributed by atoms with E-state index < -0.39 is 0 Å². The Morgan fingerprint density at radius 2 is 1.80 bits per heavy atom. The van der Waals surface area contributed by atoms with Crippen molar-refractivity contribution in [3.63, 3.8) is 0 Å². The van der Waals surface area contributed by atoms with Crippen molar-refractivity contribution < 1.29 is 18.6 Å². The molecule has 0 N–H and O–H groups in total. The molecule has 0 unspecified atom stereocenters. The van der Waals surface area contributed by atoms with Gasteiger partial charge in [0.25, 0.3) is 5.56 Å². The average molecular weight is 594 g/mol. The van der Waals surface area contributed by atoms with Gasteiger partial charge in [0, 0.05) is 15.4 Å². The van der Waals surface area contributed by atoms with E-state index in [-0.39, 0.29) is 12.4 Å². The van der Waals surface area contributed by atoms with Crippen LogP contribution in [0.5, 0.6) is 17.2 Å². The maximum Gasteiger partial charge on any atom is 0.282 e. The molecule has 0 spiro atoms. The predicted molar refractivity (Wildman–Crippen MR) is 155 cm³/mol. The summed E-state index contributed by atoms with van der Waals surface area (Å²) in [7, 11) is 0. The lowest BCUT2D eigenvalue weighted by Crippen LogP contribution is -2.20. The van der Waals surface area contributed by atoms with E-state index in [1.165, 1.54) is 4.68 Å². The molecule has 40 heavy (non-hydrogen) atoms. The zero-order valence-corrected chi connectivity index (χ0v) is 22.5. The summed E-state index contributed by atoms with van der Waals surface area (Å²) in [4.78, 5) is 18.4. The van der Waals surface area contributed by atoms with E-state index in [1.807, 2.05) is 72.8 Å². The predicted octanol–water partition coefficient (Wildman–Crippen LogP) is 6.76. The third-order valence-electron chi connectivity index (χ3n) is 6.52. The molecule has 6 aromatic rings. The molecule has 8 nitrogen and oxygen atoms in total. The van der Waals surface area contributed by atoms with Crippen molar-refractivity contribution in [3.8, 4) is 28.8 Å². The van der Waals surface area contributed by atoms with Crippen molar-refractivity contribution in [3.05, 3.63) is 117 Å². The summed E-state index contributed by atoms with van der Waals surface area (Å²) in [5.74, 6) is 2.76. The first-order valence-electron chi connectivity index (χ1n) is 12.5. The Hall–Kier alpha value is -4.89. The van der Waals surface area contributed by atoms with Crippen molar-refractivity contribution >= 4 is 44.0 Å². The summed E-state index contributed by atoms with van der Waals surface area (Å²) < 4.78 is 25.3. The first-order valence-corrected chi connectivity index (χ1v) is 13.3. The lowest BCUT2D eigenvalue weighted by Gasteiger charge is -2.10. The van der Waals surface area contributed by atoms with Crippen molar-refractivity contribution in [2.24, 2.45) is 5.10 Å². The van der Waals surface area contributed by atoms with Gasteiger partial charge in [-0.3, -0.25) is 4.79 Å². The Labute approximate surface area is 236 Å². The minimum atomic E-state index is -0.308. The second-order valence-electron chi connectivity index (χ2n) is 9.12. The van der Waals surface area contributed by atoms with E-state index in [0.717, 1.165) is 21.2 Å². The number of benzene rings is 4. The van der Waals surface area contributed by atoms with Crippen LogP contribution in [-0.2, 0) is 6.61 Å². The maximum absolute atomic E-state index is 13.6. The molecule has 2 aromatic heterocycles. The molecular formula is C31H20BrN3O5. The van der Waals surface area contributed by atoms with Crippen molar-refractivity contribution in [1.29, 1.82) is 0 Å². The molecule has 0 bridgehead atoms. The fourth-order valence-corrected chi connectivity index (χ4v) is 4.92. The van der Waals surface area contributed by atoms with Gasteiger partial charge in [0.1, 0.15) is 17.9 Å². The molecule has 0 aliphatic carbocycles. The van der Waals surface area contributed by atoms with Crippen LogP contribution in [0.3, 0.4) is 0 Å². The molecular weight excluding hydrogens is 574 g/mol. The maximum atomic E-state index is 13.6. The van der Waals surface area contributed by atoms with Gasteiger partial charge in [-0.25, -0.2) is 4.98 Å². The summed E-state index contributed by atoms with van der Waals surface area (Å²) in [5, 5.41) is 5.92. The van der Waals surface area contributed by atoms with Crippen LogP contribution in [0.1, 0.15) is 11.1 Å². The van der Waals surface area contributed by atoms with Gasteiger partial charge in [0.05, 0.1) is 17.1 Å². The topological polar surface area (TPSA) is 88.1 Å². The third-order valence-corrected chi connectivity index (χ3v) is 7.01. The Morgan fingerprint density at radius 3 is 2.75 bits per heavy atom. The molecule has 9 heteroatoms. The third kappa shape index (κ3) is 4.50. The zero-order chi connectivity index (χ0) is 27.1. The van der Waals surface area contributed by atoms with Crippen LogP contribution in [0.25, 0.3) is 33.5 Å². The minimum absolute atomic E-state index is 0.218. The van der Waals surface area contributed by atoms with Crippen LogP contribution in [0, 0.1) is 0 Å². The molecule has 1 aliphatic rings. The second-order valence-corrected chi connectivity index (χ2v) is 10.0. The smallest absolute Gasteiger partial charge is 0.282 e. The standard InChI is InChI=1S/C31H20BrN3O5/c32-22-10-12-26-21(14-22)15-29(40-26)30-34-24-7-3-2-6-23(24)31(36)35(30)33-16-20-5-1-4-8-25(20)37-17-19-9-11-27-28(13-19)39-18-38-27/h1-16H,17-18H2. The van der Waals surface area contributed by atoms with E-state index >= 15 is 0 Å². The second kappa shape index (κ2) is 10.0. The van der Waals surface area contributed by atoms with Gasteiger partial charge in [-0.1, -0.05) is 46.3 Å². The number of ether oxygens (including phenoxy) is 3. The van der Waals surface area contributed by atoms with Gasteiger partial charge in [-0.2, -0.15) is 9.78 Å². The number of nitrogens with zero attached hydrogens (tertiary/aromatic N) is 3. The van der Waals surface area contributed by atoms with Gasteiger partial charge >= 0.3 is 0 Å². The van der Waals surface area contributed by atoms with Gasteiger partial charge in [0.15, 0.2) is 17.3 Å². The average Bonchev–Trinajstić information content (AvgIpc) is 3.62. The van der Waals surface area contributed by atoms with Crippen LogP contribution in [-0.4, -0.2) is 22.7 Å². The van der Waals surface area contributed by atoms with Gasteiger partial charge < -0.3 is 18.6 Å². The lowest BCUT2D eigenvalue weighted by molar-refractivity contribution is 0.174. The number of rotatable bonds is 6.